The zero-order valence-corrected chi connectivity index (χ0v) is 12.2. The van der Waals surface area contributed by atoms with Gasteiger partial charge in [0.2, 0.25) is 0 Å². The number of hydrogen-bond donors (Lipinski definition) is 1. The van der Waals surface area contributed by atoms with Gasteiger partial charge in [-0.25, -0.2) is 4.98 Å². The van der Waals surface area contributed by atoms with Crippen molar-refractivity contribution < 1.29 is 14.1 Å². The average molecular weight is 291 g/mol. The predicted molar refractivity (Wildman–Crippen MR) is 71.7 cm³/mol. The first-order valence-electron chi connectivity index (χ1n) is 6.79. The summed E-state index contributed by atoms with van der Waals surface area (Å²) in [7, 11) is 0. The number of aromatic nitrogens is 4. The standard InChI is InChI=1S/C13H17N5O3/c1-7-11(8(2)21-17-7)13(19)18-4-5-20-10(6-18)12-14-9(3)15-16-12/h10H,4-6H2,1-3H3,(H,14,15,16)/t10-/m0/s1. The maximum atomic E-state index is 12.6. The number of nitrogens with one attached hydrogen (secondary N) is 1. The normalized spacial score (nSPS) is 19.0. The molecule has 0 bridgehead atoms. The van der Waals surface area contributed by atoms with Gasteiger partial charge in [-0.05, 0) is 20.8 Å². The molecular formula is C13H17N5O3. The minimum atomic E-state index is -0.312. The zero-order chi connectivity index (χ0) is 15.0. The number of amides is 1. The second-order valence-corrected chi connectivity index (χ2v) is 5.09. The molecule has 112 valence electrons. The fourth-order valence-corrected chi connectivity index (χ4v) is 2.44. The third kappa shape index (κ3) is 2.54. The van der Waals surface area contributed by atoms with Crippen molar-refractivity contribution in [2.24, 2.45) is 0 Å². The van der Waals surface area contributed by atoms with E-state index in [2.05, 4.69) is 20.3 Å². The Morgan fingerprint density at radius 2 is 2.19 bits per heavy atom. The summed E-state index contributed by atoms with van der Waals surface area (Å²) in [6.07, 6.45) is -0.312. The van der Waals surface area contributed by atoms with E-state index in [1.165, 1.54) is 0 Å². The molecule has 3 rings (SSSR count). The lowest BCUT2D eigenvalue weighted by Gasteiger charge is -2.31. The van der Waals surface area contributed by atoms with Gasteiger partial charge in [-0.15, -0.1) is 0 Å². The molecule has 0 spiro atoms. The van der Waals surface area contributed by atoms with Crippen LogP contribution in [0, 0.1) is 20.8 Å². The first-order chi connectivity index (χ1) is 10.1. The van der Waals surface area contributed by atoms with E-state index in [0.717, 1.165) is 5.82 Å². The second-order valence-electron chi connectivity index (χ2n) is 5.09. The van der Waals surface area contributed by atoms with Crippen LogP contribution in [0.15, 0.2) is 4.52 Å². The van der Waals surface area contributed by atoms with E-state index in [0.29, 0.717) is 42.5 Å². The molecule has 1 N–H and O–H groups in total. The SMILES string of the molecule is Cc1nc([C@@H]2CN(C(=O)c3c(C)noc3C)CCO2)n[nH]1. The maximum Gasteiger partial charge on any atom is 0.259 e. The maximum absolute atomic E-state index is 12.6. The van der Waals surface area contributed by atoms with Gasteiger partial charge in [0.25, 0.3) is 5.91 Å². The van der Waals surface area contributed by atoms with Crippen molar-refractivity contribution in [1.29, 1.82) is 0 Å². The number of nitrogens with zero attached hydrogens (tertiary/aromatic N) is 4. The highest BCUT2D eigenvalue weighted by molar-refractivity contribution is 5.96. The summed E-state index contributed by atoms with van der Waals surface area (Å²) in [5.41, 5.74) is 1.14. The molecule has 1 aliphatic rings. The summed E-state index contributed by atoms with van der Waals surface area (Å²) >= 11 is 0. The number of ether oxygens (including phenoxy) is 1. The molecule has 0 saturated carbocycles. The van der Waals surface area contributed by atoms with Gasteiger partial charge in [0, 0.05) is 6.54 Å². The number of hydrogen-bond acceptors (Lipinski definition) is 6. The molecule has 1 atom stereocenters. The lowest BCUT2D eigenvalue weighted by Crippen LogP contribution is -2.42. The van der Waals surface area contributed by atoms with E-state index < -0.39 is 0 Å². The molecule has 1 saturated heterocycles. The lowest BCUT2D eigenvalue weighted by atomic mass is 10.1. The minimum Gasteiger partial charge on any atom is -0.366 e. The van der Waals surface area contributed by atoms with E-state index in [-0.39, 0.29) is 12.0 Å². The van der Waals surface area contributed by atoms with Gasteiger partial charge in [-0.2, -0.15) is 5.10 Å². The highest BCUT2D eigenvalue weighted by Crippen LogP contribution is 2.22. The molecule has 0 unspecified atom stereocenters. The van der Waals surface area contributed by atoms with Gasteiger partial charge in [0.1, 0.15) is 23.3 Å². The molecule has 3 heterocycles. The number of rotatable bonds is 2. The Kier molecular flexibility index (Phi) is 3.46. The van der Waals surface area contributed by atoms with Gasteiger partial charge < -0.3 is 14.2 Å². The molecule has 0 aromatic carbocycles. The summed E-state index contributed by atoms with van der Waals surface area (Å²) in [6, 6.07) is 0. The summed E-state index contributed by atoms with van der Waals surface area (Å²) in [4.78, 5) is 18.6. The molecule has 0 aliphatic carbocycles. The molecule has 8 heteroatoms. The highest BCUT2D eigenvalue weighted by atomic mass is 16.5. The Morgan fingerprint density at radius 3 is 2.81 bits per heavy atom. The smallest absolute Gasteiger partial charge is 0.259 e. The fraction of sp³-hybridized carbons (Fsp3) is 0.538. The summed E-state index contributed by atoms with van der Waals surface area (Å²) in [5.74, 6) is 1.74. The van der Waals surface area contributed by atoms with Crippen molar-refractivity contribution in [2.45, 2.75) is 26.9 Å². The number of H-pyrrole nitrogens is 1. The molecule has 2 aromatic heterocycles. The number of carbonyl (C=O) groups is 1. The van der Waals surface area contributed by atoms with Crippen LogP contribution in [0.2, 0.25) is 0 Å². The van der Waals surface area contributed by atoms with E-state index in [9.17, 15) is 4.79 Å². The van der Waals surface area contributed by atoms with E-state index in [4.69, 9.17) is 9.26 Å². The Labute approximate surface area is 121 Å². The van der Waals surface area contributed by atoms with Gasteiger partial charge in [-0.3, -0.25) is 9.89 Å². The molecule has 1 amide bonds. The van der Waals surface area contributed by atoms with Crippen molar-refractivity contribution in [1.82, 2.24) is 25.2 Å². The van der Waals surface area contributed by atoms with Crippen molar-refractivity contribution in [2.75, 3.05) is 19.7 Å². The predicted octanol–water partition coefficient (Wildman–Crippen LogP) is 0.932. The third-order valence-corrected chi connectivity index (χ3v) is 3.50. The lowest BCUT2D eigenvalue weighted by molar-refractivity contribution is -0.0267. The van der Waals surface area contributed by atoms with Crippen molar-refractivity contribution in [3.63, 3.8) is 0 Å². The van der Waals surface area contributed by atoms with E-state index >= 15 is 0 Å². The van der Waals surface area contributed by atoms with Gasteiger partial charge in [0.15, 0.2) is 5.82 Å². The van der Waals surface area contributed by atoms with Crippen LogP contribution in [-0.2, 0) is 4.74 Å². The zero-order valence-electron chi connectivity index (χ0n) is 12.2. The molecular weight excluding hydrogens is 274 g/mol. The van der Waals surface area contributed by atoms with Crippen LogP contribution >= 0.6 is 0 Å². The topological polar surface area (TPSA) is 97.1 Å². The van der Waals surface area contributed by atoms with Crippen molar-refractivity contribution in [3.05, 3.63) is 28.7 Å². The van der Waals surface area contributed by atoms with E-state index in [1.54, 1.807) is 18.7 Å². The van der Waals surface area contributed by atoms with Crippen LogP contribution in [0.4, 0.5) is 0 Å². The Morgan fingerprint density at radius 1 is 1.38 bits per heavy atom. The number of aryl methyl sites for hydroxylation is 3. The van der Waals surface area contributed by atoms with Crippen LogP contribution in [-0.4, -0.2) is 50.8 Å². The molecule has 1 fully saturated rings. The average Bonchev–Trinajstić information content (AvgIpc) is 3.05. The number of carbonyl (C=O) groups excluding carboxylic acids is 1. The van der Waals surface area contributed by atoms with Crippen LogP contribution in [0.5, 0.6) is 0 Å². The van der Waals surface area contributed by atoms with Crippen molar-refractivity contribution >= 4 is 5.91 Å². The fourth-order valence-electron chi connectivity index (χ4n) is 2.44. The molecule has 2 aromatic rings. The first kappa shape index (κ1) is 13.7. The Balaban J connectivity index is 1.78. The van der Waals surface area contributed by atoms with Gasteiger partial charge >= 0.3 is 0 Å². The number of morpholine rings is 1. The molecule has 8 nitrogen and oxygen atoms in total. The van der Waals surface area contributed by atoms with E-state index in [1.807, 2.05) is 6.92 Å². The second kappa shape index (κ2) is 5.28. The molecule has 1 aliphatic heterocycles. The van der Waals surface area contributed by atoms with Gasteiger partial charge in [-0.1, -0.05) is 5.16 Å². The van der Waals surface area contributed by atoms with Crippen LogP contribution in [0.25, 0.3) is 0 Å². The highest BCUT2D eigenvalue weighted by Gasteiger charge is 2.31. The number of aromatic amines is 1. The van der Waals surface area contributed by atoms with Crippen molar-refractivity contribution in [3.8, 4) is 0 Å². The van der Waals surface area contributed by atoms with Crippen LogP contribution in [0.1, 0.15) is 39.6 Å². The Bertz CT molecular complexity index is 643. The Hall–Kier alpha value is -2.22. The summed E-state index contributed by atoms with van der Waals surface area (Å²) < 4.78 is 10.7. The third-order valence-electron chi connectivity index (χ3n) is 3.50. The van der Waals surface area contributed by atoms with Gasteiger partial charge in [0.05, 0.1) is 18.8 Å². The minimum absolute atomic E-state index is 0.0909. The first-order valence-corrected chi connectivity index (χ1v) is 6.79. The largest absolute Gasteiger partial charge is 0.366 e. The summed E-state index contributed by atoms with van der Waals surface area (Å²) in [5, 5.41) is 10.7. The molecule has 21 heavy (non-hydrogen) atoms. The van der Waals surface area contributed by atoms with Crippen LogP contribution in [0.3, 0.4) is 0 Å². The molecule has 0 radical (unpaired) electrons. The summed E-state index contributed by atoms with van der Waals surface area (Å²) in [6.45, 7) is 6.73. The quantitative estimate of drug-likeness (QED) is 0.884. The monoisotopic (exact) mass is 291 g/mol. The van der Waals surface area contributed by atoms with Crippen LogP contribution < -0.4 is 0 Å².